The van der Waals surface area contributed by atoms with Crippen molar-refractivity contribution in [2.75, 3.05) is 29.9 Å². The first-order chi connectivity index (χ1) is 8.79. The van der Waals surface area contributed by atoms with Crippen LogP contribution in [0.1, 0.15) is 25.7 Å². The molecule has 0 atom stereocenters. The molecule has 114 valence electrons. The van der Waals surface area contributed by atoms with Gasteiger partial charge in [0.05, 0.1) is 11.9 Å². The second-order valence-corrected chi connectivity index (χ2v) is 4.54. The van der Waals surface area contributed by atoms with Crippen molar-refractivity contribution >= 4 is 42.2 Å². The van der Waals surface area contributed by atoms with Crippen molar-refractivity contribution in [2.45, 2.75) is 25.7 Å². The first kappa shape index (κ1) is 19.0. The topological polar surface area (TPSA) is 71.2 Å². The number of nitrogens with zero attached hydrogens (tertiary/aromatic N) is 2. The Morgan fingerprint density at radius 2 is 1.95 bits per heavy atom. The van der Waals surface area contributed by atoms with Gasteiger partial charge in [-0.3, -0.25) is 4.79 Å². The van der Waals surface area contributed by atoms with Gasteiger partial charge >= 0.3 is 0 Å². The van der Waals surface area contributed by atoms with Gasteiger partial charge in [-0.2, -0.15) is 0 Å². The number of carbonyl (C=O) groups is 1. The minimum Gasteiger partial charge on any atom is -0.357 e. The molecule has 0 radical (unpaired) electrons. The van der Waals surface area contributed by atoms with E-state index in [1.54, 1.807) is 6.20 Å². The van der Waals surface area contributed by atoms with Crippen LogP contribution >= 0.6 is 24.8 Å². The third kappa shape index (κ3) is 5.53. The number of aromatic nitrogens is 1. The zero-order chi connectivity index (χ0) is 12.8. The predicted octanol–water partition coefficient (Wildman–Crippen LogP) is 2.20. The zero-order valence-electron chi connectivity index (χ0n) is 11.4. The Bertz CT molecular complexity index is 394. The molecule has 1 amide bonds. The molecule has 5 nitrogen and oxygen atoms in total. The molecule has 2 heterocycles. The van der Waals surface area contributed by atoms with E-state index in [2.05, 4.69) is 15.2 Å². The van der Waals surface area contributed by atoms with Crippen molar-refractivity contribution in [3.8, 4) is 0 Å². The van der Waals surface area contributed by atoms with E-state index in [4.69, 9.17) is 5.73 Å². The Hall–Kier alpha value is -1.04. The molecule has 1 aromatic heterocycles. The number of carbonyl (C=O) groups excluding carboxylic acids is 1. The quantitative estimate of drug-likeness (QED) is 0.892. The van der Waals surface area contributed by atoms with Crippen LogP contribution in [0.5, 0.6) is 0 Å². The highest BCUT2D eigenvalue weighted by molar-refractivity contribution is 5.90. The Morgan fingerprint density at radius 1 is 1.25 bits per heavy atom. The SMILES string of the molecule is Cl.Cl.NCCC(=O)Nc1ccc(N2CCCCC2)nc1. The van der Waals surface area contributed by atoms with Crippen LogP contribution in [-0.2, 0) is 4.79 Å². The fraction of sp³-hybridized carbons (Fsp3) is 0.538. The molecule has 1 aromatic rings. The lowest BCUT2D eigenvalue weighted by Crippen LogP contribution is -2.30. The minimum absolute atomic E-state index is 0. The number of nitrogens with one attached hydrogen (secondary N) is 1. The third-order valence-corrected chi connectivity index (χ3v) is 3.08. The summed E-state index contributed by atoms with van der Waals surface area (Å²) in [4.78, 5) is 18.1. The molecule has 1 aliphatic heterocycles. The molecule has 0 saturated carbocycles. The van der Waals surface area contributed by atoms with Crippen molar-refractivity contribution in [1.82, 2.24) is 4.98 Å². The number of piperidine rings is 1. The monoisotopic (exact) mass is 320 g/mol. The molecule has 3 N–H and O–H groups in total. The molecule has 0 spiro atoms. The van der Waals surface area contributed by atoms with Crippen LogP contribution in [0.15, 0.2) is 18.3 Å². The second-order valence-electron chi connectivity index (χ2n) is 4.54. The molecule has 0 unspecified atom stereocenters. The highest BCUT2D eigenvalue weighted by Gasteiger charge is 2.11. The largest absolute Gasteiger partial charge is 0.357 e. The second kappa shape index (κ2) is 9.80. The van der Waals surface area contributed by atoms with E-state index in [9.17, 15) is 4.79 Å². The molecular formula is C13H22Cl2N4O. The van der Waals surface area contributed by atoms with Crippen LogP contribution in [0.2, 0.25) is 0 Å². The maximum atomic E-state index is 11.4. The van der Waals surface area contributed by atoms with E-state index in [-0.39, 0.29) is 30.7 Å². The zero-order valence-corrected chi connectivity index (χ0v) is 13.0. The van der Waals surface area contributed by atoms with Crippen molar-refractivity contribution in [2.24, 2.45) is 5.73 Å². The standard InChI is InChI=1S/C13H20N4O.2ClH/c14-7-6-13(18)16-11-4-5-12(15-10-11)17-8-2-1-3-9-17;;/h4-5,10H,1-3,6-9,14H2,(H,16,18);2*1H. The van der Waals surface area contributed by atoms with Gasteiger partial charge in [0.1, 0.15) is 5.82 Å². The number of rotatable bonds is 4. The summed E-state index contributed by atoms with van der Waals surface area (Å²) in [7, 11) is 0. The average Bonchev–Trinajstić information content (AvgIpc) is 2.41. The molecular weight excluding hydrogens is 299 g/mol. The van der Waals surface area contributed by atoms with Gasteiger partial charge in [0.2, 0.25) is 5.91 Å². The summed E-state index contributed by atoms with van der Waals surface area (Å²) in [5.74, 6) is 0.927. The smallest absolute Gasteiger partial charge is 0.225 e. The normalized spacial score (nSPS) is 13.9. The van der Waals surface area contributed by atoms with Crippen LogP contribution in [0.4, 0.5) is 11.5 Å². The fourth-order valence-electron chi connectivity index (χ4n) is 2.12. The van der Waals surface area contributed by atoms with Gasteiger partial charge in [-0.05, 0) is 31.4 Å². The molecule has 0 bridgehead atoms. The van der Waals surface area contributed by atoms with E-state index in [1.165, 1.54) is 19.3 Å². The molecule has 2 rings (SSSR count). The van der Waals surface area contributed by atoms with Gasteiger partial charge < -0.3 is 16.0 Å². The Kier molecular flexibility index (Phi) is 9.29. The highest BCUT2D eigenvalue weighted by atomic mass is 35.5. The number of nitrogens with two attached hydrogens (primary N) is 1. The maximum Gasteiger partial charge on any atom is 0.225 e. The number of hydrogen-bond acceptors (Lipinski definition) is 4. The summed E-state index contributed by atoms with van der Waals surface area (Å²) >= 11 is 0. The van der Waals surface area contributed by atoms with Gasteiger partial charge in [0.25, 0.3) is 0 Å². The lowest BCUT2D eigenvalue weighted by Gasteiger charge is -2.27. The molecule has 0 aromatic carbocycles. The van der Waals surface area contributed by atoms with Crippen molar-refractivity contribution in [3.63, 3.8) is 0 Å². The van der Waals surface area contributed by atoms with Crippen LogP contribution in [0.25, 0.3) is 0 Å². The minimum atomic E-state index is -0.0648. The summed E-state index contributed by atoms with van der Waals surface area (Å²) in [6.45, 7) is 2.52. The lowest BCUT2D eigenvalue weighted by molar-refractivity contribution is -0.116. The first-order valence-electron chi connectivity index (χ1n) is 6.50. The number of hydrogen-bond donors (Lipinski definition) is 2. The van der Waals surface area contributed by atoms with Gasteiger partial charge in [0, 0.05) is 26.1 Å². The summed E-state index contributed by atoms with van der Waals surface area (Å²) in [5.41, 5.74) is 6.05. The lowest BCUT2D eigenvalue weighted by atomic mass is 10.1. The van der Waals surface area contributed by atoms with Gasteiger partial charge in [-0.1, -0.05) is 0 Å². The average molecular weight is 321 g/mol. The Labute approximate surface area is 132 Å². The number of halogens is 2. The first-order valence-corrected chi connectivity index (χ1v) is 6.50. The van der Waals surface area contributed by atoms with Crippen molar-refractivity contribution in [3.05, 3.63) is 18.3 Å². The fourth-order valence-corrected chi connectivity index (χ4v) is 2.12. The molecule has 0 aliphatic carbocycles. The number of anilines is 2. The van der Waals surface area contributed by atoms with Crippen molar-refractivity contribution in [1.29, 1.82) is 0 Å². The summed E-state index contributed by atoms with van der Waals surface area (Å²) in [6.07, 6.45) is 5.82. The Morgan fingerprint density at radius 3 is 2.50 bits per heavy atom. The molecule has 20 heavy (non-hydrogen) atoms. The third-order valence-electron chi connectivity index (χ3n) is 3.08. The van der Waals surface area contributed by atoms with Crippen LogP contribution in [-0.4, -0.2) is 30.5 Å². The van der Waals surface area contributed by atoms with E-state index in [0.29, 0.717) is 13.0 Å². The summed E-state index contributed by atoms with van der Waals surface area (Å²) in [6, 6.07) is 3.86. The molecule has 1 fully saturated rings. The van der Waals surface area contributed by atoms with E-state index >= 15 is 0 Å². The van der Waals surface area contributed by atoms with Crippen LogP contribution in [0.3, 0.4) is 0 Å². The number of pyridine rings is 1. The van der Waals surface area contributed by atoms with E-state index in [0.717, 1.165) is 24.6 Å². The molecule has 7 heteroatoms. The van der Waals surface area contributed by atoms with Gasteiger partial charge in [0.15, 0.2) is 0 Å². The van der Waals surface area contributed by atoms with Gasteiger partial charge in [-0.15, -0.1) is 24.8 Å². The molecule has 1 saturated heterocycles. The maximum absolute atomic E-state index is 11.4. The van der Waals surface area contributed by atoms with Crippen LogP contribution < -0.4 is 16.0 Å². The van der Waals surface area contributed by atoms with E-state index in [1.807, 2.05) is 12.1 Å². The number of amides is 1. The Balaban J connectivity index is 0.00000180. The van der Waals surface area contributed by atoms with Crippen molar-refractivity contribution < 1.29 is 4.79 Å². The molecule has 1 aliphatic rings. The van der Waals surface area contributed by atoms with Gasteiger partial charge in [-0.25, -0.2) is 4.98 Å². The highest BCUT2D eigenvalue weighted by Crippen LogP contribution is 2.18. The van der Waals surface area contributed by atoms with E-state index < -0.39 is 0 Å². The predicted molar refractivity (Wildman–Crippen MR) is 87.1 cm³/mol. The van der Waals surface area contributed by atoms with Crippen LogP contribution in [0, 0.1) is 0 Å². The summed E-state index contributed by atoms with van der Waals surface area (Å²) < 4.78 is 0. The summed E-state index contributed by atoms with van der Waals surface area (Å²) in [5, 5.41) is 2.77.